The first-order valence-electron chi connectivity index (χ1n) is 9.98. The first-order chi connectivity index (χ1) is 14.7. The highest BCUT2D eigenvalue weighted by atomic mass is 19.1. The molecule has 8 heteroatoms. The SMILES string of the molecule is CN(Cc1ccccc1)C(=O)CC(=O)C1C2CC2(c2cc(F)ccc2F)CN1C(=O)O. The molecule has 1 aliphatic heterocycles. The molecule has 3 atom stereocenters. The lowest BCUT2D eigenvalue weighted by atomic mass is 9.92. The molecule has 31 heavy (non-hydrogen) atoms. The van der Waals surface area contributed by atoms with E-state index in [2.05, 4.69) is 0 Å². The molecule has 162 valence electrons. The van der Waals surface area contributed by atoms with E-state index in [-0.39, 0.29) is 12.1 Å². The van der Waals surface area contributed by atoms with Gasteiger partial charge in [-0.3, -0.25) is 14.5 Å². The van der Waals surface area contributed by atoms with Crippen LogP contribution in [-0.2, 0) is 21.5 Å². The Labute approximate surface area is 178 Å². The molecular weight excluding hydrogens is 406 g/mol. The molecule has 1 heterocycles. The molecule has 1 saturated heterocycles. The number of ketones is 1. The largest absolute Gasteiger partial charge is 0.465 e. The summed E-state index contributed by atoms with van der Waals surface area (Å²) in [5.41, 5.74) is 0.0670. The summed E-state index contributed by atoms with van der Waals surface area (Å²) in [7, 11) is 1.58. The lowest BCUT2D eigenvalue weighted by Gasteiger charge is -2.25. The Morgan fingerprint density at radius 3 is 2.55 bits per heavy atom. The van der Waals surface area contributed by atoms with Gasteiger partial charge < -0.3 is 10.0 Å². The van der Waals surface area contributed by atoms with Gasteiger partial charge in [-0.25, -0.2) is 13.6 Å². The van der Waals surface area contributed by atoms with E-state index in [0.29, 0.717) is 13.0 Å². The number of fused-ring (bicyclic) bond motifs is 1. The van der Waals surface area contributed by atoms with Gasteiger partial charge in [-0.1, -0.05) is 30.3 Å². The first kappa shape index (κ1) is 21.0. The number of Topliss-reactive ketones (excluding diaryl/α,β-unsaturated/α-hetero) is 1. The molecule has 2 amide bonds. The Morgan fingerprint density at radius 1 is 1.16 bits per heavy atom. The van der Waals surface area contributed by atoms with Gasteiger partial charge in [0.1, 0.15) is 11.6 Å². The molecule has 1 aliphatic carbocycles. The summed E-state index contributed by atoms with van der Waals surface area (Å²) in [6, 6.07) is 11.3. The van der Waals surface area contributed by atoms with Crippen molar-refractivity contribution in [1.29, 1.82) is 0 Å². The minimum Gasteiger partial charge on any atom is -0.465 e. The molecule has 2 aromatic carbocycles. The van der Waals surface area contributed by atoms with Gasteiger partial charge in [0.2, 0.25) is 5.91 Å². The highest BCUT2D eigenvalue weighted by Gasteiger charge is 2.69. The molecule has 2 aromatic rings. The second-order valence-corrected chi connectivity index (χ2v) is 8.32. The normalized spacial score (nSPS) is 23.9. The molecule has 3 unspecified atom stereocenters. The fraction of sp³-hybridized carbons (Fsp3) is 0.348. The summed E-state index contributed by atoms with van der Waals surface area (Å²) in [5, 5.41) is 9.60. The highest BCUT2D eigenvalue weighted by molar-refractivity contribution is 6.02. The van der Waals surface area contributed by atoms with E-state index in [1.165, 1.54) is 4.90 Å². The Balaban J connectivity index is 1.50. The minimum atomic E-state index is -1.31. The molecule has 1 N–H and O–H groups in total. The number of benzene rings is 2. The number of hydrogen-bond acceptors (Lipinski definition) is 3. The lowest BCUT2D eigenvalue weighted by Crippen LogP contribution is -2.44. The predicted octanol–water partition coefficient (Wildman–Crippen LogP) is 3.20. The zero-order chi connectivity index (χ0) is 22.3. The van der Waals surface area contributed by atoms with Crippen molar-refractivity contribution in [3.05, 3.63) is 71.3 Å². The summed E-state index contributed by atoms with van der Waals surface area (Å²) in [4.78, 5) is 39.7. The van der Waals surface area contributed by atoms with Crippen molar-refractivity contribution in [3.63, 3.8) is 0 Å². The van der Waals surface area contributed by atoms with E-state index in [4.69, 9.17) is 0 Å². The van der Waals surface area contributed by atoms with Crippen LogP contribution in [0.4, 0.5) is 13.6 Å². The summed E-state index contributed by atoms with van der Waals surface area (Å²) in [5.74, 6) is -2.66. The van der Waals surface area contributed by atoms with Gasteiger partial charge in [-0.2, -0.15) is 0 Å². The zero-order valence-corrected chi connectivity index (χ0v) is 16.9. The maximum atomic E-state index is 14.4. The predicted molar refractivity (Wildman–Crippen MR) is 107 cm³/mol. The Morgan fingerprint density at radius 2 is 1.87 bits per heavy atom. The molecule has 4 rings (SSSR count). The smallest absolute Gasteiger partial charge is 0.407 e. The average Bonchev–Trinajstić information content (AvgIpc) is 3.35. The second-order valence-electron chi connectivity index (χ2n) is 8.32. The summed E-state index contributed by atoms with van der Waals surface area (Å²) >= 11 is 0. The van der Waals surface area contributed by atoms with Crippen LogP contribution >= 0.6 is 0 Å². The van der Waals surface area contributed by atoms with Crippen LogP contribution in [0.25, 0.3) is 0 Å². The molecule has 0 radical (unpaired) electrons. The topological polar surface area (TPSA) is 77.9 Å². The van der Waals surface area contributed by atoms with E-state index in [9.17, 15) is 28.3 Å². The van der Waals surface area contributed by atoms with E-state index in [0.717, 1.165) is 28.7 Å². The van der Waals surface area contributed by atoms with Crippen LogP contribution in [-0.4, -0.2) is 52.3 Å². The maximum Gasteiger partial charge on any atom is 0.407 e. The molecular formula is C23H22F2N2O4. The number of halogens is 2. The summed E-state index contributed by atoms with van der Waals surface area (Å²) < 4.78 is 28.1. The van der Waals surface area contributed by atoms with Crippen LogP contribution in [0.15, 0.2) is 48.5 Å². The van der Waals surface area contributed by atoms with Gasteiger partial charge in [0.25, 0.3) is 0 Å². The van der Waals surface area contributed by atoms with Crippen molar-refractivity contribution >= 4 is 17.8 Å². The number of carbonyl (C=O) groups excluding carboxylic acids is 2. The van der Waals surface area contributed by atoms with Crippen LogP contribution in [0, 0.1) is 17.6 Å². The Bertz CT molecular complexity index is 1050. The average molecular weight is 428 g/mol. The molecule has 2 fully saturated rings. The number of carboxylic acid groups (broad SMARTS) is 1. The van der Waals surface area contributed by atoms with Crippen molar-refractivity contribution in [1.82, 2.24) is 9.80 Å². The van der Waals surface area contributed by atoms with Crippen LogP contribution < -0.4 is 0 Å². The quantitative estimate of drug-likeness (QED) is 0.717. The third kappa shape index (κ3) is 3.78. The van der Waals surface area contributed by atoms with Crippen molar-refractivity contribution in [2.24, 2.45) is 5.92 Å². The zero-order valence-electron chi connectivity index (χ0n) is 16.9. The maximum absolute atomic E-state index is 14.4. The Kier molecular flexibility index (Phi) is 5.24. The number of carbonyl (C=O) groups is 3. The van der Waals surface area contributed by atoms with Crippen molar-refractivity contribution in [3.8, 4) is 0 Å². The van der Waals surface area contributed by atoms with Crippen LogP contribution in [0.3, 0.4) is 0 Å². The number of rotatable bonds is 6. The van der Waals surface area contributed by atoms with Crippen LogP contribution in [0.1, 0.15) is 24.0 Å². The number of hydrogen-bond donors (Lipinski definition) is 1. The molecule has 6 nitrogen and oxygen atoms in total. The van der Waals surface area contributed by atoms with Crippen molar-refractivity contribution in [2.45, 2.75) is 30.8 Å². The number of nitrogens with zero attached hydrogens (tertiary/aromatic N) is 2. The van der Waals surface area contributed by atoms with Crippen molar-refractivity contribution in [2.75, 3.05) is 13.6 Å². The summed E-state index contributed by atoms with van der Waals surface area (Å²) in [6.07, 6.45) is -1.38. The molecule has 0 aromatic heterocycles. The highest BCUT2D eigenvalue weighted by Crippen LogP contribution is 2.62. The van der Waals surface area contributed by atoms with Crippen LogP contribution in [0.2, 0.25) is 0 Å². The molecule has 1 saturated carbocycles. The van der Waals surface area contributed by atoms with Gasteiger partial charge in [0.05, 0.1) is 12.5 Å². The van der Waals surface area contributed by atoms with E-state index in [1.54, 1.807) is 7.05 Å². The lowest BCUT2D eigenvalue weighted by molar-refractivity contribution is -0.136. The monoisotopic (exact) mass is 428 g/mol. The van der Waals surface area contributed by atoms with Gasteiger partial charge in [0.15, 0.2) is 5.78 Å². The fourth-order valence-electron chi connectivity index (χ4n) is 4.74. The third-order valence-electron chi connectivity index (χ3n) is 6.36. The second kappa shape index (κ2) is 7.76. The number of piperidine rings is 1. The first-order valence-corrected chi connectivity index (χ1v) is 9.98. The molecule has 0 bridgehead atoms. The van der Waals surface area contributed by atoms with Gasteiger partial charge >= 0.3 is 6.09 Å². The van der Waals surface area contributed by atoms with Gasteiger partial charge in [-0.15, -0.1) is 0 Å². The fourth-order valence-corrected chi connectivity index (χ4v) is 4.74. The Hall–Kier alpha value is -3.29. The van der Waals surface area contributed by atoms with Gasteiger partial charge in [0, 0.05) is 25.6 Å². The summed E-state index contributed by atoms with van der Waals surface area (Å²) in [6.45, 7) is 0.222. The standard InChI is InChI=1S/C23H22F2N2O4/c1-26(12-14-5-3-2-4-6-14)20(29)10-19(28)21-17-11-23(17,13-27(21)22(30)31)16-9-15(24)7-8-18(16)25/h2-9,17,21H,10-13H2,1H3,(H,30,31). The number of amides is 2. The van der Waals surface area contributed by atoms with Crippen molar-refractivity contribution < 1.29 is 28.3 Å². The molecule has 2 aliphatic rings. The third-order valence-corrected chi connectivity index (χ3v) is 6.36. The van der Waals surface area contributed by atoms with E-state index < -0.39 is 53.2 Å². The van der Waals surface area contributed by atoms with Crippen LogP contribution in [0.5, 0.6) is 0 Å². The molecule has 0 spiro atoms. The number of likely N-dealkylation sites (tertiary alicyclic amines) is 1. The van der Waals surface area contributed by atoms with Gasteiger partial charge in [-0.05, 0) is 41.7 Å². The van der Waals surface area contributed by atoms with E-state index in [1.807, 2.05) is 30.3 Å². The van der Waals surface area contributed by atoms with E-state index >= 15 is 0 Å². The minimum absolute atomic E-state index is 0.0894.